The van der Waals surface area contributed by atoms with Gasteiger partial charge < -0.3 is 18.9 Å². The van der Waals surface area contributed by atoms with E-state index in [0.29, 0.717) is 0 Å². The summed E-state index contributed by atoms with van der Waals surface area (Å²) in [6, 6.07) is 3.88. The topological polar surface area (TPSA) is 135 Å². The number of nitrogens with zero attached hydrogens (tertiary/aromatic N) is 2. The van der Waals surface area contributed by atoms with Crippen molar-refractivity contribution in [1.29, 1.82) is 0 Å². The van der Waals surface area contributed by atoms with Crippen molar-refractivity contribution < 1.29 is 38.3 Å². The largest absolute Gasteiger partial charge is 0.514 e. The molecule has 0 N–H and O–H groups in total. The van der Waals surface area contributed by atoms with Gasteiger partial charge in [-0.2, -0.15) is 0 Å². The maximum Gasteiger partial charge on any atom is 0.514 e. The highest BCUT2D eigenvalue weighted by molar-refractivity contribution is 5.82. The van der Waals surface area contributed by atoms with Crippen LogP contribution in [0.4, 0.5) is 15.3 Å². The van der Waals surface area contributed by atoms with Gasteiger partial charge in [-0.25, -0.2) is 14.4 Å². The number of hydrogen-bond donors (Lipinski definition) is 0. The van der Waals surface area contributed by atoms with Crippen LogP contribution in [0, 0.1) is 10.1 Å². The van der Waals surface area contributed by atoms with E-state index in [-0.39, 0.29) is 24.4 Å². The van der Waals surface area contributed by atoms with Crippen molar-refractivity contribution in [3.8, 4) is 5.75 Å². The van der Waals surface area contributed by atoms with Crippen LogP contribution in [0.25, 0.3) is 0 Å². The van der Waals surface area contributed by atoms with Crippen LogP contribution in [0.2, 0.25) is 0 Å². The molecule has 0 saturated carbocycles. The van der Waals surface area contributed by atoms with Crippen molar-refractivity contribution in [3.05, 3.63) is 34.4 Å². The second-order valence-corrected chi connectivity index (χ2v) is 7.25. The van der Waals surface area contributed by atoms with E-state index in [9.17, 15) is 24.5 Å². The monoisotopic (exact) mass is 410 g/mol. The van der Waals surface area contributed by atoms with E-state index < -0.39 is 40.9 Å². The number of nitro groups is 1. The summed E-state index contributed by atoms with van der Waals surface area (Å²) < 4.78 is 20.1. The van der Waals surface area contributed by atoms with Crippen molar-refractivity contribution in [1.82, 2.24) is 4.90 Å². The average molecular weight is 410 g/mol. The van der Waals surface area contributed by atoms with Gasteiger partial charge in [-0.15, -0.1) is 0 Å². The summed E-state index contributed by atoms with van der Waals surface area (Å²) in [7, 11) is 1.19. The Labute approximate surface area is 166 Å². The molecule has 2 atom stereocenters. The van der Waals surface area contributed by atoms with E-state index in [1.165, 1.54) is 31.4 Å². The number of nitro benzene ring substituents is 1. The number of ether oxygens (including phenoxy) is 4. The van der Waals surface area contributed by atoms with Gasteiger partial charge in [-0.05, 0) is 32.9 Å². The van der Waals surface area contributed by atoms with E-state index in [2.05, 4.69) is 0 Å². The van der Waals surface area contributed by atoms with Crippen molar-refractivity contribution in [2.24, 2.45) is 0 Å². The molecule has 29 heavy (non-hydrogen) atoms. The van der Waals surface area contributed by atoms with Gasteiger partial charge in [0, 0.05) is 18.6 Å². The molecular weight excluding hydrogens is 388 g/mol. The quantitative estimate of drug-likeness (QED) is 0.241. The first kappa shape index (κ1) is 21.9. The van der Waals surface area contributed by atoms with Crippen LogP contribution in [0.1, 0.15) is 27.2 Å². The minimum atomic E-state index is -1.07. The molecule has 0 aromatic heterocycles. The van der Waals surface area contributed by atoms with Gasteiger partial charge in [0.05, 0.1) is 18.6 Å². The maximum atomic E-state index is 12.4. The molecule has 1 amide bonds. The third-order valence-corrected chi connectivity index (χ3v) is 3.88. The predicted molar refractivity (Wildman–Crippen MR) is 97.4 cm³/mol. The Morgan fingerprint density at radius 1 is 1.17 bits per heavy atom. The molecule has 1 aromatic carbocycles. The number of hydrogen-bond acceptors (Lipinski definition) is 9. The lowest BCUT2D eigenvalue weighted by molar-refractivity contribution is -0.384. The zero-order valence-electron chi connectivity index (χ0n) is 16.4. The Morgan fingerprint density at radius 3 is 2.31 bits per heavy atom. The number of likely N-dealkylation sites (tertiary alicyclic amines) is 1. The SMILES string of the molecule is COC(=O)[C@@H]1C[C@@H](OC(=O)Oc2ccc([N+](=O)[O-])cc2)CN1C(=O)OC(C)(C)C. The summed E-state index contributed by atoms with van der Waals surface area (Å²) in [5, 5.41) is 10.6. The summed E-state index contributed by atoms with van der Waals surface area (Å²) in [5.41, 5.74) is -0.929. The van der Waals surface area contributed by atoms with E-state index in [4.69, 9.17) is 18.9 Å². The van der Waals surface area contributed by atoms with Crippen molar-refractivity contribution in [2.75, 3.05) is 13.7 Å². The van der Waals surface area contributed by atoms with E-state index >= 15 is 0 Å². The normalized spacial score (nSPS) is 18.7. The first-order valence-corrected chi connectivity index (χ1v) is 8.70. The Balaban J connectivity index is 2.01. The molecule has 158 valence electrons. The number of amides is 1. The molecule has 0 aliphatic carbocycles. The second-order valence-electron chi connectivity index (χ2n) is 7.25. The zero-order chi connectivity index (χ0) is 21.8. The molecule has 11 heteroatoms. The first-order valence-electron chi connectivity index (χ1n) is 8.70. The lowest BCUT2D eigenvalue weighted by atomic mass is 10.2. The lowest BCUT2D eigenvalue weighted by Gasteiger charge is -2.27. The third-order valence-electron chi connectivity index (χ3n) is 3.88. The number of esters is 1. The highest BCUT2D eigenvalue weighted by atomic mass is 16.7. The Bertz CT molecular complexity index is 786. The number of methoxy groups -OCH3 is 1. The van der Waals surface area contributed by atoms with Crippen LogP contribution in [0.3, 0.4) is 0 Å². The number of rotatable bonds is 4. The average Bonchev–Trinajstić information content (AvgIpc) is 3.03. The highest BCUT2D eigenvalue weighted by Crippen LogP contribution is 2.25. The molecule has 11 nitrogen and oxygen atoms in total. The fourth-order valence-corrected chi connectivity index (χ4v) is 2.66. The van der Waals surface area contributed by atoms with Gasteiger partial charge in [-0.3, -0.25) is 15.0 Å². The highest BCUT2D eigenvalue weighted by Gasteiger charge is 2.44. The molecule has 1 aliphatic heterocycles. The lowest BCUT2D eigenvalue weighted by Crippen LogP contribution is -2.44. The van der Waals surface area contributed by atoms with E-state index in [0.717, 1.165) is 4.90 Å². The smallest absolute Gasteiger partial charge is 0.467 e. The van der Waals surface area contributed by atoms with Crippen LogP contribution in [-0.2, 0) is 19.0 Å². The molecular formula is C18H22N2O9. The van der Waals surface area contributed by atoms with Gasteiger partial charge in [0.15, 0.2) is 0 Å². The first-order chi connectivity index (χ1) is 13.5. The van der Waals surface area contributed by atoms with Gasteiger partial charge in [0.2, 0.25) is 0 Å². The molecule has 0 radical (unpaired) electrons. The zero-order valence-corrected chi connectivity index (χ0v) is 16.4. The molecule has 2 rings (SSSR count). The Morgan fingerprint density at radius 2 is 1.79 bits per heavy atom. The standard InChI is InChI=1S/C18H22N2O9/c1-18(2,3)29-16(22)19-10-13(9-14(19)15(21)26-4)28-17(23)27-12-7-5-11(6-8-12)20(24)25/h5-8,13-14H,9-10H2,1-4H3/t13-,14+/m1/s1. The van der Waals surface area contributed by atoms with Crippen molar-refractivity contribution in [2.45, 2.75) is 44.9 Å². The van der Waals surface area contributed by atoms with Crippen LogP contribution in [-0.4, -0.2) is 59.4 Å². The minimum Gasteiger partial charge on any atom is -0.467 e. The third kappa shape index (κ3) is 6.06. The second kappa shape index (κ2) is 8.76. The van der Waals surface area contributed by atoms with Gasteiger partial charge in [-0.1, -0.05) is 0 Å². The van der Waals surface area contributed by atoms with Crippen molar-refractivity contribution >= 4 is 23.9 Å². The molecule has 1 fully saturated rings. The molecule has 1 heterocycles. The molecule has 1 aliphatic rings. The Kier molecular flexibility index (Phi) is 6.62. The van der Waals surface area contributed by atoms with Crippen LogP contribution < -0.4 is 4.74 Å². The van der Waals surface area contributed by atoms with Gasteiger partial charge >= 0.3 is 18.2 Å². The summed E-state index contributed by atoms with van der Waals surface area (Å²) in [6.45, 7) is 4.97. The fourth-order valence-electron chi connectivity index (χ4n) is 2.66. The molecule has 1 aromatic rings. The van der Waals surface area contributed by atoms with Crippen LogP contribution in [0.5, 0.6) is 5.75 Å². The molecule has 1 saturated heterocycles. The summed E-state index contributed by atoms with van der Waals surface area (Å²) in [4.78, 5) is 47.6. The maximum absolute atomic E-state index is 12.4. The number of benzene rings is 1. The Hall–Kier alpha value is -3.37. The fraction of sp³-hybridized carbons (Fsp3) is 0.500. The molecule has 0 spiro atoms. The van der Waals surface area contributed by atoms with Gasteiger partial charge in [0.1, 0.15) is 23.5 Å². The van der Waals surface area contributed by atoms with Crippen molar-refractivity contribution in [3.63, 3.8) is 0 Å². The predicted octanol–water partition coefficient (Wildman–Crippen LogP) is 2.66. The van der Waals surface area contributed by atoms with Crippen LogP contribution in [0.15, 0.2) is 24.3 Å². The molecule has 0 bridgehead atoms. The molecule has 0 unspecified atom stereocenters. The number of carbonyl (C=O) groups is 3. The summed E-state index contributed by atoms with van der Waals surface area (Å²) >= 11 is 0. The van der Waals surface area contributed by atoms with E-state index in [1.54, 1.807) is 20.8 Å². The summed E-state index contributed by atoms with van der Waals surface area (Å²) in [6.07, 6.45) is -2.61. The van der Waals surface area contributed by atoms with Gasteiger partial charge in [0.25, 0.3) is 5.69 Å². The number of non-ortho nitro benzene ring substituents is 1. The van der Waals surface area contributed by atoms with E-state index in [1.807, 2.05) is 0 Å². The minimum absolute atomic E-state index is 0.0152. The van der Waals surface area contributed by atoms with Crippen LogP contribution >= 0.6 is 0 Å². The number of carbonyl (C=O) groups excluding carboxylic acids is 3. The summed E-state index contributed by atoms with van der Waals surface area (Å²) in [5.74, 6) is -0.613.